The van der Waals surface area contributed by atoms with Crippen LogP contribution in [0.4, 0.5) is 0 Å². The van der Waals surface area contributed by atoms with Gasteiger partial charge >= 0.3 is 0 Å². The molecule has 0 aromatic carbocycles. The van der Waals surface area contributed by atoms with Crippen molar-refractivity contribution in [1.82, 2.24) is 9.80 Å². The van der Waals surface area contributed by atoms with Crippen molar-refractivity contribution in [2.75, 3.05) is 13.7 Å². The molecule has 4 bridgehead atoms. The van der Waals surface area contributed by atoms with Crippen molar-refractivity contribution in [2.24, 2.45) is 17.8 Å². The highest BCUT2D eigenvalue weighted by atomic mass is 15.4. The molecule has 5 aliphatic rings. The minimum atomic E-state index is 0.565. The first-order chi connectivity index (χ1) is 7.73. The van der Waals surface area contributed by atoms with Crippen LogP contribution in [0.15, 0.2) is 12.4 Å². The van der Waals surface area contributed by atoms with Crippen LogP contribution in [-0.2, 0) is 0 Å². The van der Waals surface area contributed by atoms with E-state index in [1.165, 1.54) is 19.3 Å². The Bertz CT molecular complexity index is 298. The Labute approximate surface area is 98.3 Å². The highest BCUT2D eigenvalue weighted by Gasteiger charge is 2.53. The van der Waals surface area contributed by atoms with E-state index in [0.29, 0.717) is 5.54 Å². The monoisotopic (exact) mass is 218 g/mol. The SMILES string of the molecule is CN1C=CN(C23CC4CC(CC(C4)C2)C3)C1. The second-order valence-corrected chi connectivity index (χ2v) is 6.81. The van der Waals surface area contributed by atoms with Gasteiger partial charge in [0.1, 0.15) is 0 Å². The van der Waals surface area contributed by atoms with Gasteiger partial charge in [0.15, 0.2) is 0 Å². The zero-order valence-corrected chi connectivity index (χ0v) is 10.2. The minimum Gasteiger partial charge on any atom is -0.362 e. The van der Waals surface area contributed by atoms with E-state index in [1.54, 1.807) is 19.3 Å². The van der Waals surface area contributed by atoms with Crippen LogP contribution in [0.25, 0.3) is 0 Å². The van der Waals surface area contributed by atoms with Crippen molar-refractivity contribution in [3.05, 3.63) is 12.4 Å². The molecule has 0 unspecified atom stereocenters. The molecular weight excluding hydrogens is 196 g/mol. The molecule has 0 saturated heterocycles. The molecule has 4 aliphatic carbocycles. The van der Waals surface area contributed by atoms with Gasteiger partial charge in [-0.2, -0.15) is 0 Å². The van der Waals surface area contributed by atoms with Gasteiger partial charge < -0.3 is 9.80 Å². The summed E-state index contributed by atoms with van der Waals surface area (Å²) in [6.45, 7) is 1.13. The maximum Gasteiger partial charge on any atom is 0.0896 e. The first-order valence-electron chi connectivity index (χ1n) is 6.89. The normalized spacial score (nSPS) is 49.4. The lowest BCUT2D eigenvalue weighted by atomic mass is 9.52. The number of hydrogen-bond donors (Lipinski definition) is 0. The van der Waals surface area contributed by atoms with Crippen LogP contribution in [0.2, 0.25) is 0 Å². The van der Waals surface area contributed by atoms with Crippen LogP contribution in [0.3, 0.4) is 0 Å². The van der Waals surface area contributed by atoms with E-state index in [2.05, 4.69) is 29.2 Å². The molecule has 0 radical (unpaired) electrons. The summed E-state index contributed by atoms with van der Waals surface area (Å²) < 4.78 is 0. The van der Waals surface area contributed by atoms with E-state index in [-0.39, 0.29) is 0 Å². The Balaban J connectivity index is 1.64. The van der Waals surface area contributed by atoms with Gasteiger partial charge in [0.2, 0.25) is 0 Å². The molecule has 4 fully saturated rings. The lowest BCUT2D eigenvalue weighted by Gasteiger charge is -2.60. The summed E-state index contributed by atoms with van der Waals surface area (Å²) in [5, 5.41) is 0. The van der Waals surface area contributed by atoms with Gasteiger partial charge in [-0.1, -0.05) is 0 Å². The van der Waals surface area contributed by atoms with Gasteiger partial charge in [0.05, 0.1) is 6.67 Å². The molecule has 2 nitrogen and oxygen atoms in total. The van der Waals surface area contributed by atoms with Crippen LogP contribution < -0.4 is 0 Å². The first kappa shape index (κ1) is 9.38. The third-order valence-corrected chi connectivity index (χ3v) is 5.49. The minimum absolute atomic E-state index is 0.565. The van der Waals surface area contributed by atoms with E-state index < -0.39 is 0 Å². The summed E-state index contributed by atoms with van der Waals surface area (Å²) in [4.78, 5) is 4.98. The van der Waals surface area contributed by atoms with E-state index in [0.717, 1.165) is 24.4 Å². The lowest BCUT2D eigenvalue weighted by molar-refractivity contribution is -0.0739. The molecule has 0 N–H and O–H groups in total. The van der Waals surface area contributed by atoms with Gasteiger partial charge in [0.25, 0.3) is 0 Å². The van der Waals surface area contributed by atoms with Crippen molar-refractivity contribution in [3.63, 3.8) is 0 Å². The highest BCUT2D eigenvalue weighted by molar-refractivity contribution is 5.11. The fourth-order valence-corrected chi connectivity index (χ4v) is 5.25. The van der Waals surface area contributed by atoms with E-state index in [4.69, 9.17) is 0 Å². The molecule has 0 amide bonds. The van der Waals surface area contributed by atoms with Crippen molar-refractivity contribution in [1.29, 1.82) is 0 Å². The predicted molar refractivity (Wildman–Crippen MR) is 64.5 cm³/mol. The van der Waals surface area contributed by atoms with Crippen molar-refractivity contribution < 1.29 is 0 Å². The smallest absolute Gasteiger partial charge is 0.0896 e. The van der Waals surface area contributed by atoms with E-state index in [9.17, 15) is 0 Å². The van der Waals surface area contributed by atoms with Gasteiger partial charge in [-0.05, 0) is 56.3 Å². The van der Waals surface area contributed by atoms with Crippen LogP contribution in [-0.4, -0.2) is 29.1 Å². The van der Waals surface area contributed by atoms with Crippen LogP contribution in [0.1, 0.15) is 38.5 Å². The quantitative estimate of drug-likeness (QED) is 0.667. The summed E-state index contributed by atoms with van der Waals surface area (Å²) in [5.74, 6) is 3.18. The second kappa shape index (κ2) is 2.96. The predicted octanol–water partition coefficient (Wildman–Crippen LogP) is 2.63. The Morgan fingerprint density at radius 2 is 1.50 bits per heavy atom. The summed E-state index contributed by atoms with van der Waals surface area (Å²) >= 11 is 0. The van der Waals surface area contributed by atoms with Crippen molar-refractivity contribution in [2.45, 2.75) is 44.1 Å². The lowest BCUT2D eigenvalue weighted by Crippen LogP contribution is -2.58. The molecule has 5 rings (SSSR count). The third kappa shape index (κ3) is 1.19. The molecule has 2 heteroatoms. The molecule has 16 heavy (non-hydrogen) atoms. The van der Waals surface area contributed by atoms with Gasteiger partial charge in [0, 0.05) is 25.0 Å². The number of hydrogen-bond acceptors (Lipinski definition) is 2. The molecule has 1 heterocycles. The zero-order chi connectivity index (χ0) is 10.8. The summed E-state index contributed by atoms with van der Waals surface area (Å²) in [5.41, 5.74) is 0.565. The molecule has 1 aliphatic heterocycles. The van der Waals surface area contributed by atoms with Crippen molar-refractivity contribution >= 4 is 0 Å². The Morgan fingerprint density at radius 3 is 1.94 bits per heavy atom. The largest absolute Gasteiger partial charge is 0.362 e. The molecule has 0 aromatic rings. The maximum absolute atomic E-state index is 2.66. The van der Waals surface area contributed by atoms with Crippen molar-refractivity contribution in [3.8, 4) is 0 Å². The number of nitrogens with zero attached hydrogens (tertiary/aromatic N) is 2. The van der Waals surface area contributed by atoms with Crippen LogP contribution in [0, 0.1) is 17.8 Å². The van der Waals surface area contributed by atoms with Gasteiger partial charge in [-0.3, -0.25) is 0 Å². The van der Waals surface area contributed by atoms with Crippen LogP contribution in [0.5, 0.6) is 0 Å². The Hall–Kier alpha value is -0.660. The maximum atomic E-state index is 2.66. The fourth-order valence-electron chi connectivity index (χ4n) is 5.25. The van der Waals surface area contributed by atoms with Crippen LogP contribution >= 0.6 is 0 Å². The third-order valence-electron chi connectivity index (χ3n) is 5.49. The second-order valence-electron chi connectivity index (χ2n) is 6.81. The zero-order valence-electron chi connectivity index (χ0n) is 10.2. The van der Waals surface area contributed by atoms with Gasteiger partial charge in [-0.25, -0.2) is 0 Å². The molecule has 0 atom stereocenters. The van der Waals surface area contributed by atoms with E-state index >= 15 is 0 Å². The summed E-state index contributed by atoms with van der Waals surface area (Å²) in [6.07, 6.45) is 13.7. The molecule has 4 saturated carbocycles. The average Bonchev–Trinajstić information content (AvgIpc) is 2.63. The molecular formula is C14H22N2. The average molecular weight is 218 g/mol. The summed E-state index contributed by atoms with van der Waals surface area (Å²) in [6, 6.07) is 0. The molecule has 0 aromatic heterocycles. The molecule has 0 spiro atoms. The standard InChI is InChI=1S/C14H22N2/c1-15-2-3-16(10-15)14-7-11-4-12(8-14)6-13(5-11)9-14/h2-3,11-13H,4-10H2,1H3. The Morgan fingerprint density at radius 1 is 0.938 bits per heavy atom. The topological polar surface area (TPSA) is 6.48 Å². The Kier molecular flexibility index (Phi) is 1.74. The van der Waals surface area contributed by atoms with Gasteiger partial charge in [-0.15, -0.1) is 0 Å². The summed E-state index contributed by atoms with van der Waals surface area (Å²) in [7, 11) is 2.19. The molecule has 88 valence electrons. The fraction of sp³-hybridized carbons (Fsp3) is 0.857. The highest BCUT2D eigenvalue weighted by Crippen LogP contribution is 2.58. The van der Waals surface area contributed by atoms with E-state index in [1.807, 2.05) is 0 Å². The first-order valence-corrected chi connectivity index (χ1v) is 6.89. The number of rotatable bonds is 1.